The molecule has 3 rings (SSSR count). The number of nitrogen functional groups attached to an aromatic ring is 1. The Balaban J connectivity index is 2.47. The maximum absolute atomic E-state index is 13.1. The number of aryl methyl sites for hydroxylation is 1. The molecule has 6 nitrogen and oxygen atoms in total. The van der Waals surface area contributed by atoms with Crippen LogP contribution in [-0.2, 0) is 9.59 Å². The van der Waals surface area contributed by atoms with Crippen molar-refractivity contribution in [3.8, 4) is 0 Å². The standard InChI is InChI=1S/C15H15N3O3/c1-8-17-11-4-2-3-10(16)14(11)15(21)18(8)12-6-5-9(19)7-13(12)20/h2-4,12H,5-7,16H2,1H3/i2D,3D,4D,5D2,6D,12D. The van der Waals surface area contributed by atoms with Gasteiger partial charge in [-0.3, -0.25) is 19.0 Å². The van der Waals surface area contributed by atoms with Gasteiger partial charge < -0.3 is 5.73 Å². The second-order valence-corrected chi connectivity index (χ2v) is 4.51. The number of carbonyl (C=O) groups is 2. The van der Waals surface area contributed by atoms with Gasteiger partial charge in [-0.1, -0.05) is 6.04 Å². The van der Waals surface area contributed by atoms with Crippen molar-refractivity contribution in [2.75, 3.05) is 5.73 Å². The highest BCUT2D eigenvalue weighted by molar-refractivity contribution is 6.03. The van der Waals surface area contributed by atoms with Gasteiger partial charge in [0.15, 0.2) is 5.78 Å². The number of carbonyl (C=O) groups excluding carboxylic acids is 2. The van der Waals surface area contributed by atoms with Gasteiger partial charge in [0.05, 0.1) is 28.8 Å². The Morgan fingerprint density at radius 2 is 2.24 bits per heavy atom. The molecule has 21 heavy (non-hydrogen) atoms. The van der Waals surface area contributed by atoms with E-state index in [0.717, 1.165) is 0 Å². The summed E-state index contributed by atoms with van der Waals surface area (Å²) < 4.78 is 56.1. The fraction of sp³-hybridized carbons (Fsp3) is 0.333. The Morgan fingerprint density at radius 3 is 3.00 bits per heavy atom. The fourth-order valence-corrected chi connectivity index (χ4v) is 2.17. The first-order valence-electron chi connectivity index (χ1n) is 9.63. The number of benzene rings is 1. The molecule has 1 aliphatic rings. The maximum Gasteiger partial charge on any atom is 0.264 e. The minimum atomic E-state index is -2.85. The van der Waals surface area contributed by atoms with Crippen LogP contribution in [0.15, 0.2) is 22.9 Å². The van der Waals surface area contributed by atoms with E-state index >= 15 is 0 Å². The molecule has 0 spiro atoms. The van der Waals surface area contributed by atoms with Gasteiger partial charge in [-0.15, -0.1) is 0 Å². The minimum Gasteiger partial charge on any atom is -0.398 e. The molecule has 1 aromatic carbocycles. The number of fused-ring (bicyclic) bond motifs is 1. The number of anilines is 1. The summed E-state index contributed by atoms with van der Waals surface area (Å²) >= 11 is 0. The average molecular weight is 292 g/mol. The van der Waals surface area contributed by atoms with Crippen molar-refractivity contribution >= 4 is 28.2 Å². The second-order valence-electron chi connectivity index (χ2n) is 4.51. The molecule has 0 aliphatic heterocycles. The van der Waals surface area contributed by atoms with Crippen molar-refractivity contribution in [3.05, 3.63) is 34.3 Å². The quantitative estimate of drug-likeness (QED) is 0.628. The number of nitrogens with two attached hydrogens (primary N) is 1. The van der Waals surface area contributed by atoms with Crippen molar-refractivity contribution in [1.29, 1.82) is 0 Å². The summed E-state index contributed by atoms with van der Waals surface area (Å²) in [5.74, 6) is -2.58. The number of ketones is 2. The van der Waals surface area contributed by atoms with Crippen LogP contribution in [0.25, 0.3) is 10.9 Å². The molecule has 1 aromatic heterocycles. The summed E-state index contributed by atoms with van der Waals surface area (Å²) in [6, 6.07) is -4.49. The lowest BCUT2D eigenvalue weighted by Crippen LogP contribution is -2.36. The van der Waals surface area contributed by atoms with Gasteiger partial charge in [-0.2, -0.15) is 0 Å². The van der Waals surface area contributed by atoms with Crippen molar-refractivity contribution in [1.82, 2.24) is 9.55 Å². The Morgan fingerprint density at radius 1 is 1.48 bits per heavy atom. The van der Waals surface area contributed by atoms with Gasteiger partial charge >= 0.3 is 0 Å². The van der Waals surface area contributed by atoms with E-state index in [1.807, 2.05) is 0 Å². The van der Waals surface area contributed by atoms with Crippen LogP contribution in [0.1, 0.15) is 40.6 Å². The van der Waals surface area contributed by atoms with Crippen LogP contribution in [0.4, 0.5) is 5.69 Å². The van der Waals surface area contributed by atoms with Crippen LogP contribution < -0.4 is 11.3 Å². The zero-order valence-corrected chi connectivity index (χ0v) is 11.0. The lowest BCUT2D eigenvalue weighted by molar-refractivity contribution is -0.132. The van der Waals surface area contributed by atoms with Gasteiger partial charge in [-0.25, -0.2) is 4.98 Å². The lowest BCUT2D eigenvalue weighted by Gasteiger charge is -2.24. The third-order valence-electron chi connectivity index (χ3n) is 3.12. The Kier molecular flexibility index (Phi) is 1.71. The molecule has 1 fully saturated rings. The zero-order valence-electron chi connectivity index (χ0n) is 18.0. The molecule has 0 saturated heterocycles. The summed E-state index contributed by atoms with van der Waals surface area (Å²) in [5, 5.41) is -0.472. The summed E-state index contributed by atoms with van der Waals surface area (Å²) in [6.45, 7) is 1.22. The summed E-state index contributed by atoms with van der Waals surface area (Å²) in [4.78, 5) is 41.5. The molecular formula is C15H15N3O3. The Hall–Kier alpha value is -2.50. The van der Waals surface area contributed by atoms with Gasteiger partial charge in [-0.05, 0) is 25.4 Å². The van der Waals surface area contributed by atoms with E-state index in [1.165, 1.54) is 6.92 Å². The van der Waals surface area contributed by atoms with E-state index in [4.69, 9.17) is 15.3 Å². The molecule has 108 valence electrons. The van der Waals surface area contributed by atoms with Crippen LogP contribution in [0.5, 0.6) is 0 Å². The van der Waals surface area contributed by atoms with Crippen LogP contribution in [0, 0.1) is 6.92 Å². The van der Waals surface area contributed by atoms with Crippen molar-refractivity contribution < 1.29 is 19.2 Å². The highest BCUT2D eigenvalue weighted by Crippen LogP contribution is 2.24. The number of rotatable bonds is 1. The molecule has 2 aromatic rings. The van der Waals surface area contributed by atoms with Crippen LogP contribution in [-0.4, -0.2) is 21.1 Å². The third kappa shape index (κ3) is 2.12. The molecule has 1 saturated carbocycles. The van der Waals surface area contributed by atoms with Gasteiger partial charge in [0, 0.05) is 16.2 Å². The molecule has 2 unspecified atom stereocenters. The van der Waals surface area contributed by atoms with E-state index in [1.54, 1.807) is 0 Å². The number of hydrogen-bond donors (Lipinski definition) is 1. The van der Waals surface area contributed by atoms with Gasteiger partial charge in [0.25, 0.3) is 5.56 Å². The third-order valence-corrected chi connectivity index (χ3v) is 3.12. The smallest absolute Gasteiger partial charge is 0.264 e. The van der Waals surface area contributed by atoms with Crippen molar-refractivity contribution in [2.24, 2.45) is 0 Å². The molecule has 0 amide bonds. The van der Waals surface area contributed by atoms with Crippen molar-refractivity contribution in [2.45, 2.75) is 32.1 Å². The molecule has 1 aliphatic carbocycles. The summed E-state index contributed by atoms with van der Waals surface area (Å²) in [5.41, 5.74) is 3.86. The monoisotopic (exact) mass is 292 g/mol. The van der Waals surface area contributed by atoms with Crippen LogP contribution >= 0.6 is 0 Å². The number of nitrogens with zero attached hydrogens (tertiary/aromatic N) is 2. The van der Waals surface area contributed by atoms with E-state index < -0.39 is 71.5 Å². The maximum atomic E-state index is 13.1. The molecule has 2 N–H and O–H groups in total. The first-order valence-corrected chi connectivity index (χ1v) is 6.05. The normalized spacial score (nSPS) is 33.4. The van der Waals surface area contributed by atoms with E-state index in [-0.39, 0.29) is 11.3 Å². The summed E-state index contributed by atoms with van der Waals surface area (Å²) in [6.07, 6.45) is -6.08. The van der Waals surface area contributed by atoms with Crippen molar-refractivity contribution in [3.63, 3.8) is 0 Å². The number of hydrogen-bond acceptors (Lipinski definition) is 5. The van der Waals surface area contributed by atoms with E-state index in [9.17, 15) is 14.4 Å². The largest absolute Gasteiger partial charge is 0.398 e. The highest BCUT2D eigenvalue weighted by Gasteiger charge is 2.30. The number of aromatic nitrogens is 2. The molecule has 1 heterocycles. The topological polar surface area (TPSA) is 95.0 Å². The fourth-order valence-electron chi connectivity index (χ4n) is 2.17. The van der Waals surface area contributed by atoms with E-state index in [0.29, 0.717) is 4.57 Å². The first-order chi connectivity index (χ1) is 12.8. The first kappa shape index (κ1) is 7.49. The van der Waals surface area contributed by atoms with Crippen LogP contribution in [0.2, 0.25) is 0 Å². The molecule has 2 atom stereocenters. The number of Topliss-reactive ketones (excluding diaryl/α,β-unsaturated/α-hetero) is 2. The zero-order chi connectivity index (χ0) is 21.3. The molecule has 0 bridgehead atoms. The molecule has 6 heteroatoms. The summed E-state index contributed by atoms with van der Waals surface area (Å²) in [7, 11) is 0. The predicted molar refractivity (Wildman–Crippen MR) is 78.1 cm³/mol. The van der Waals surface area contributed by atoms with Crippen LogP contribution in [0.3, 0.4) is 0 Å². The lowest BCUT2D eigenvalue weighted by atomic mass is 9.92. The minimum absolute atomic E-state index is 0.284. The van der Waals surface area contributed by atoms with Gasteiger partial charge in [0.2, 0.25) is 0 Å². The average Bonchev–Trinajstić information content (AvgIpc) is 2.61. The molecular weight excluding hydrogens is 270 g/mol. The van der Waals surface area contributed by atoms with E-state index in [2.05, 4.69) is 4.98 Å². The van der Waals surface area contributed by atoms with Gasteiger partial charge in [0.1, 0.15) is 11.6 Å². The SMILES string of the molecule is [2H]c1c([2H])c(N)c2c(=O)n(C3([2H])C(=O)CC(=O)C([2H])([2H])C3[2H])c(C)nc2c1[2H]. The second kappa shape index (κ2) is 4.80. The Bertz CT molecular complexity index is 1130. The molecule has 0 radical (unpaired) electrons. The highest BCUT2D eigenvalue weighted by atomic mass is 16.2. The Labute approximate surface area is 130 Å². The predicted octanol–water partition coefficient (Wildman–Crippen LogP) is 1.15.